The van der Waals surface area contributed by atoms with Gasteiger partial charge in [-0.25, -0.2) is 4.98 Å². The SMILES string of the molecule is O=Cc1cccn2cc(C3CCCCO3)nc12. The smallest absolute Gasteiger partial charge is 0.153 e. The average molecular weight is 230 g/mol. The number of pyridine rings is 1. The second kappa shape index (κ2) is 4.30. The minimum Gasteiger partial charge on any atom is -0.372 e. The molecule has 0 aliphatic carbocycles. The fraction of sp³-hybridized carbons (Fsp3) is 0.385. The fourth-order valence-electron chi connectivity index (χ4n) is 2.27. The summed E-state index contributed by atoms with van der Waals surface area (Å²) in [5, 5.41) is 0. The first-order valence-electron chi connectivity index (χ1n) is 5.93. The second-order valence-electron chi connectivity index (χ2n) is 4.33. The largest absolute Gasteiger partial charge is 0.372 e. The zero-order valence-electron chi connectivity index (χ0n) is 9.50. The molecule has 4 nitrogen and oxygen atoms in total. The molecular weight excluding hydrogens is 216 g/mol. The molecule has 0 radical (unpaired) electrons. The summed E-state index contributed by atoms with van der Waals surface area (Å²) in [6.07, 6.45) is 8.11. The maximum Gasteiger partial charge on any atom is 0.153 e. The maximum absolute atomic E-state index is 10.9. The van der Waals surface area contributed by atoms with Gasteiger partial charge in [0.05, 0.1) is 11.3 Å². The third-order valence-electron chi connectivity index (χ3n) is 3.17. The predicted molar refractivity (Wildman–Crippen MR) is 63.1 cm³/mol. The summed E-state index contributed by atoms with van der Waals surface area (Å²) in [5.74, 6) is 0. The zero-order chi connectivity index (χ0) is 11.7. The van der Waals surface area contributed by atoms with E-state index in [-0.39, 0.29) is 6.10 Å². The highest BCUT2D eigenvalue weighted by Crippen LogP contribution is 2.27. The van der Waals surface area contributed by atoms with Crippen LogP contribution in [0.5, 0.6) is 0 Å². The van der Waals surface area contributed by atoms with Crippen LogP contribution in [0.15, 0.2) is 24.5 Å². The van der Waals surface area contributed by atoms with Gasteiger partial charge in [-0.15, -0.1) is 0 Å². The Balaban J connectivity index is 2.03. The molecule has 3 rings (SSSR count). The molecular formula is C13H14N2O2. The molecule has 4 heteroatoms. The number of hydrogen-bond donors (Lipinski definition) is 0. The van der Waals surface area contributed by atoms with Gasteiger partial charge in [0.1, 0.15) is 11.8 Å². The molecule has 1 aliphatic rings. The lowest BCUT2D eigenvalue weighted by molar-refractivity contribution is 0.0126. The van der Waals surface area contributed by atoms with E-state index < -0.39 is 0 Å². The molecule has 0 saturated carbocycles. The summed E-state index contributed by atoms with van der Waals surface area (Å²) in [4.78, 5) is 15.4. The lowest BCUT2D eigenvalue weighted by Crippen LogP contribution is -2.11. The molecule has 88 valence electrons. The first-order valence-corrected chi connectivity index (χ1v) is 5.93. The molecule has 1 unspecified atom stereocenters. The number of aromatic nitrogens is 2. The zero-order valence-corrected chi connectivity index (χ0v) is 9.50. The van der Waals surface area contributed by atoms with Gasteiger partial charge in [0, 0.05) is 19.0 Å². The van der Waals surface area contributed by atoms with Crippen molar-refractivity contribution in [1.82, 2.24) is 9.38 Å². The van der Waals surface area contributed by atoms with Crippen molar-refractivity contribution in [2.45, 2.75) is 25.4 Å². The van der Waals surface area contributed by atoms with Gasteiger partial charge in [0.15, 0.2) is 6.29 Å². The molecule has 1 saturated heterocycles. The summed E-state index contributed by atoms with van der Waals surface area (Å²) < 4.78 is 7.59. The molecule has 3 heterocycles. The van der Waals surface area contributed by atoms with Crippen molar-refractivity contribution in [2.24, 2.45) is 0 Å². The van der Waals surface area contributed by atoms with E-state index in [0.717, 1.165) is 31.4 Å². The van der Waals surface area contributed by atoms with E-state index in [1.807, 2.05) is 22.9 Å². The van der Waals surface area contributed by atoms with E-state index in [2.05, 4.69) is 4.98 Å². The van der Waals surface area contributed by atoms with Crippen molar-refractivity contribution in [3.63, 3.8) is 0 Å². The summed E-state index contributed by atoms with van der Waals surface area (Å²) >= 11 is 0. The van der Waals surface area contributed by atoms with Crippen LogP contribution in [0.1, 0.15) is 41.4 Å². The van der Waals surface area contributed by atoms with Crippen LogP contribution in [0.2, 0.25) is 0 Å². The first-order chi connectivity index (χ1) is 8.38. The topological polar surface area (TPSA) is 43.6 Å². The van der Waals surface area contributed by atoms with Gasteiger partial charge >= 0.3 is 0 Å². The Bertz CT molecular complexity index is 541. The lowest BCUT2D eigenvalue weighted by atomic mass is 10.1. The molecule has 0 aromatic carbocycles. The molecule has 1 aliphatic heterocycles. The van der Waals surface area contributed by atoms with Crippen molar-refractivity contribution in [3.8, 4) is 0 Å². The Hall–Kier alpha value is -1.68. The van der Waals surface area contributed by atoms with Crippen molar-refractivity contribution >= 4 is 11.9 Å². The highest BCUT2D eigenvalue weighted by atomic mass is 16.5. The van der Waals surface area contributed by atoms with Gasteiger partial charge < -0.3 is 9.14 Å². The van der Waals surface area contributed by atoms with Crippen molar-refractivity contribution in [2.75, 3.05) is 6.61 Å². The number of ether oxygens (including phenoxy) is 1. The van der Waals surface area contributed by atoms with E-state index in [4.69, 9.17) is 4.74 Å². The molecule has 0 spiro atoms. The van der Waals surface area contributed by atoms with Crippen LogP contribution in [0.25, 0.3) is 5.65 Å². The maximum atomic E-state index is 10.9. The van der Waals surface area contributed by atoms with Crippen LogP contribution in [0.4, 0.5) is 0 Å². The van der Waals surface area contributed by atoms with Crippen LogP contribution in [0, 0.1) is 0 Å². The molecule has 0 amide bonds. The minimum atomic E-state index is 0.0863. The number of carbonyl (C=O) groups excluding carboxylic acids is 1. The Morgan fingerprint density at radius 2 is 2.41 bits per heavy atom. The van der Waals surface area contributed by atoms with Crippen molar-refractivity contribution < 1.29 is 9.53 Å². The molecule has 0 bridgehead atoms. The van der Waals surface area contributed by atoms with E-state index in [9.17, 15) is 4.79 Å². The molecule has 17 heavy (non-hydrogen) atoms. The summed E-state index contributed by atoms with van der Waals surface area (Å²) in [6, 6.07) is 3.63. The Morgan fingerprint density at radius 1 is 1.47 bits per heavy atom. The predicted octanol–water partition coefficient (Wildman–Crippen LogP) is 2.39. The van der Waals surface area contributed by atoms with Gasteiger partial charge in [-0.3, -0.25) is 4.79 Å². The standard InChI is InChI=1S/C13H14N2O2/c16-9-10-4-3-6-15-8-11(14-13(10)15)12-5-1-2-7-17-12/h3-4,6,8-9,12H,1-2,5,7H2. The minimum absolute atomic E-state index is 0.0863. The van der Waals surface area contributed by atoms with Crippen LogP contribution in [-0.2, 0) is 4.74 Å². The van der Waals surface area contributed by atoms with E-state index in [1.54, 1.807) is 6.07 Å². The average Bonchev–Trinajstić information content (AvgIpc) is 2.83. The van der Waals surface area contributed by atoms with Gasteiger partial charge in [-0.05, 0) is 31.4 Å². The van der Waals surface area contributed by atoms with Crippen LogP contribution in [0.3, 0.4) is 0 Å². The van der Waals surface area contributed by atoms with Crippen molar-refractivity contribution in [3.05, 3.63) is 35.8 Å². The van der Waals surface area contributed by atoms with E-state index >= 15 is 0 Å². The third kappa shape index (κ3) is 1.85. The molecule has 0 N–H and O–H groups in total. The van der Waals surface area contributed by atoms with Gasteiger partial charge in [-0.1, -0.05) is 0 Å². The third-order valence-corrected chi connectivity index (χ3v) is 3.17. The second-order valence-corrected chi connectivity index (χ2v) is 4.33. The molecule has 2 aromatic rings. The Kier molecular flexibility index (Phi) is 2.65. The number of rotatable bonds is 2. The van der Waals surface area contributed by atoms with Crippen LogP contribution < -0.4 is 0 Å². The van der Waals surface area contributed by atoms with E-state index in [1.165, 1.54) is 6.42 Å². The van der Waals surface area contributed by atoms with Crippen LogP contribution >= 0.6 is 0 Å². The normalized spacial score (nSPS) is 20.6. The summed E-state index contributed by atoms with van der Waals surface area (Å²) in [5.41, 5.74) is 2.26. The van der Waals surface area contributed by atoms with Gasteiger partial charge in [0.25, 0.3) is 0 Å². The van der Waals surface area contributed by atoms with Crippen molar-refractivity contribution in [1.29, 1.82) is 0 Å². The molecule has 1 fully saturated rings. The number of imidazole rings is 1. The Morgan fingerprint density at radius 3 is 3.18 bits per heavy atom. The number of nitrogens with zero attached hydrogens (tertiary/aromatic N) is 2. The lowest BCUT2D eigenvalue weighted by Gasteiger charge is -2.20. The highest BCUT2D eigenvalue weighted by molar-refractivity contribution is 5.84. The first kappa shape index (κ1) is 10.5. The number of aldehydes is 1. The molecule has 1 atom stereocenters. The number of fused-ring (bicyclic) bond motifs is 1. The number of carbonyl (C=O) groups is 1. The highest BCUT2D eigenvalue weighted by Gasteiger charge is 2.19. The van der Waals surface area contributed by atoms with Crippen LogP contribution in [-0.4, -0.2) is 22.3 Å². The van der Waals surface area contributed by atoms with E-state index in [0.29, 0.717) is 11.2 Å². The Labute approximate surface area is 99.2 Å². The summed E-state index contributed by atoms with van der Waals surface area (Å²) in [6.45, 7) is 0.805. The monoisotopic (exact) mass is 230 g/mol. The van der Waals surface area contributed by atoms with Gasteiger partial charge in [-0.2, -0.15) is 0 Å². The molecule has 2 aromatic heterocycles. The van der Waals surface area contributed by atoms with Gasteiger partial charge in [0.2, 0.25) is 0 Å². The summed E-state index contributed by atoms with van der Waals surface area (Å²) in [7, 11) is 0. The quantitative estimate of drug-likeness (QED) is 0.744. The fourth-order valence-corrected chi connectivity index (χ4v) is 2.27. The number of hydrogen-bond acceptors (Lipinski definition) is 3.